The van der Waals surface area contributed by atoms with E-state index in [0.717, 1.165) is 18.2 Å². The van der Waals surface area contributed by atoms with Gasteiger partial charge in [-0.2, -0.15) is 0 Å². The van der Waals surface area contributed by atoms with Gasteiger partial charge in [0.15, 0.2) is 5.13 Å². The zero-order valence-electron chi connectivity index (χ0n) is 11.7. The highest BCUT2D eigenvalue weighted by molar-refractivity contribution is 7.18. The van der Waals surface area contributed by atoms with Crippen molar-refractivity contribution in [3.8, 4) is 0 Å². The molecule has 2 saturated heterocycles. The lowest BCUT2D eigenvalue weighted by molar-refractivity contribution is -0.0122. The van der Waals surface area contributed by atoms with E-state index in [-0.39, 0.29) is 12.0 Å². The largest absolute Gasteiger partial charge is 0.382 e. The van der Waals surface area contributed by atoms with Gasteiger partial charge in [0.2, 0.25) is 0 Å². The molecule has 3 rings (SSSR count). The van der Waals surface area contributed by atoms with Crippen molar-refractivity contribution < 1.29 is 9.53 Å². The summed E-state index contributed by atoms with van der Waals surface area (Å²) in [6.45, 7) is 5.83. The van der Waals surface area contributed by atoms with Crippen molar-refractivity contribution in [2.45, 2.75) is 25.9 Å². The van der Waals surface area contributed by atoms with Gasteiger partial charge >= 0.3 is 0 Å². The van der Waals surface area contributed by atoms with Crippen molar-refractivity contribution in [1.82, 2.24) is 9.88 Å². The van der Waals surface area contributed by atoms with E-state index < -0.39 is 0 Å². The molecule has 0 saturated carbocycles. The molecular weight excluding hydrogens is 276 g/mol. The average molecular weight is 296 g/mol. The lowest BCUT2D eigenvalue weighted by Gasteiger charge is -2.30. The number of rotatable bonds is 2. The monoisotopic (exact) mass is 296 g/mol. The molecule has 3 heterocycles. The molecule has 7 heteroatoms. The predicted molar refractivity (Wildman–Crippen MR) is 79.3 cm³/mol. The summed E-state index contributed by atoms with van der Waals surface area (Å²) in [5.41, 5.74) is 5.95. The highest BCUT2D eigenvalue weighted by atomic mass is 32.1. The second-order valence-electron chi connectivity index (χ2n) is 5.34. The number of anilines is 2. The average Bonchev–Trinajstić information content (AvgIpc) is 3.07. The number of nitrogens with two attached hydrogens (primary N) is 1. The normalized spacial score (nSPS) is 23.4. The quantitative estimate of drug-likeness (QED) is 0.887. The Kier molecular flexibility index (Phi) is 3.80. The number of morpholine rings is 1. The van der Waals surface area contributed by atoms with Crippen LogP contribution in [0.25, 0.3) is 0 Å². The van der Waals surface area contributed by atoms with E-state index in [4.69, 9.17) is 10.5 Å². The Labute approximate surface area is 122 Å². The maximum absolute atomic E-state index is 12.5. The van der Waals surface area contributed by atoms with E-state index in [9.17, 15) is 4.79 Å². The van der Waals surface area contributed by atoms with E-state index in [0.29, 0.717) is 30.4 Å². The van der Waals surface area contributed by atoms with E-state index in [1.807, 2.05) is 11.8 Å². The Hall–Kier alpha value is -1.34. The van der Waals surface area contributed by atoms with Crippen molar-refractivity contribution in [2.75, 3.05) is 43.4 Å². The number of carbonyl (C=O) groups excluding carboxylic acids is 1. The number of hydrogen-bond donors (Lipinski definition) is 1. The second kappa shape index (κ2) is 5.57. The fourth-order valence-corrected chi connectivity index (χ4v) is 3.67. The number of hydrogen-bond acceptors (Lipinski definition) is 6. The number of nitrogen functional groups attached to an aromatic ring is 1. The molecule has 1 atom stereocenters. The van der Waals surface area contributed by atoms with Crippen LogP contribution in [0.4, 0.5) is 10.9 Å². The molecule has 1 unspecified atom stereocenters. The third-order valence-corrected chi connectivity index (χ3v) is 4.86. The van der Waals surface area contributed by atoms with Crippen LogP contribution in [-0.4, -0.2) is 54.7 Å². The minimum absolute atomic E-state index is 0.0133. The van der Waals surface area contributed by atoms with Crippen molar-refractivity contribution in [2.24, 2.45) is 0 Å². The minimum atomic E-state index is -0.0133. The van der Waals surface area contributed by atoms with Crippen LogP contribution >= 0.6 is 11.3 Å². The molecular formula is C13H20N4O2S. The predicted octanol–water partition coefficient (Wildman–Crippen LogP) is 1.19. The summed E-state index contributed by atoms with van der Waals surface area (Å²) in [7, 11) is 0. The van der Waals surface area contributed by atoms with Crippen molar-refractivity contribution >= 4 is 28.2 Å². The van der Waals surface area contributed by atoms with Crippen LogP contribution in [0.3, 0.4) is 0 Å². The van der Waals surface area contributed by atoms with Gasteiger partial charge in [-0.05, 0) is 19.8 Å². The third kappa shape index (κ3) is 2.60. The Morgan fingerprint density at radius 2 is 2.15 bits per heavy atom. The second-order valence-corrected chi connectivity index (χ2v) is 6.32. The summed E-state index contributed by atoms with van der Waals surface area (Å²) in [6.07, 6.45) is 2.45. The SMILES string of the molecule is CC1CN(C(=O)c2sc(N3CCCC3)nc2N)CCO1. The molecule has 1 aromatic heterocycles. The molecule has 0 spiro atoms. The number of nitrogens with zero attached hydrogens (tertiary/aromatic N) is 3. The summed E-state index contributed by atoms with van der Waals surface area (Å²) in [5, 5.41) is 0.879. The molecule has 0 bridgehead atoms. The Balaban J connectivity index is 1.77. The van der Waals surface area contributed by atoms with Crippen LogP contribution in [-0.2, 0) is 4.74 Å². The highest BCUT2D eigenvalue weighted by Gasteiger charge is 2.27. The van der Waals surface area contributed by atoms with Crippen LogP contribution < -0.4 is 10.6 Å². The van der Waals surface area contributed by atoms with Gasteiger partial charge in [-0.1, -0.05) is 11.3 Å². The number of ether oxygens (including phenoxy) is 1. The van der Waals surface area contributed by atoms with Crippen molar-refractivity contribution in [1.29, 1.82) is 0 Å². The van der Waals surface area contributed by atoms with E-state index in [1.54, 1.807) is 0 Å². The summed E-state index contributed by atoms with van der Waals surface area (Å²) in [5.74, 6) is 0.349. The molecule has 110 valence electrons. The van der Waals surface area contributed by atoms with Crippen molar-refractivity contribution in [3.63, 3.8) is 0 Å². The Morgan fingerprint density at radius 1 is 1.40 bits per heavy atom. The van der Waals surface area contributed by atoms with Gasteiger partial charge in [-0.3, -0.25) is 4.79 Å². The first-order chi connectivity index (χ1) is 9.65. The van der Waals surface area contributed by atoms with Gasteiger partial charge in [0.1, 0.15) is 10.7 Å². The van der Waals surface area contributed by atoms with Crippen LogP contribution in [0.15, 0.2) is 0 Å². The summed E-state index contributed by atoms with van der Waals surface area (Å²) < 4.78 is 5.47. The maximum atomic E-state index is 12.5. The molecule has 2 N–H and O–H groups in total. The molecule has 2 aliphatic heterocycles. The van der Waals surface area contributed by atoms with Crippen LogP contribution in [0.5, 0.6) is 0 Å². The zero-order valence-corrected chi connectivity index (χ0v) is 12.5. The smallest absolute Gasteiger partial charge is 0.268 e. The topological polar surface area (TPSA) is 71.7 Å². The standard InChI is InChI=1S/C13H20N4O2S/c1-9-8-17(6-7-19-9)12(18)10-11(14)15-13(20-10)16-4-2-3-5-16/h9H,2-8,14H2,1H3. The third-order valence-electron chi connectivity index (χ3n) is 3.74. The number of amides is 1. The van der Waals surface area contributed by atoms with Crippen LogP contribution in [0.1, 0.15) is 29.4 Å². The van der Waals surface area contributed by atoms with Gasteiger partial charge in [0.25, 0.3) is 5.91 Å². The molecule has 2 fully saturated rings. The molecule has 6 nitrogen and oxygen atoms in total. The van der Waals surface area contributed by atoms with Gasteiger partial charge in [-0.15, -0.1) is 0 Å². The molecule has 2 aliphatic rings. The highest BCUT2D eigenvalue weighted by Crippen LogP contribution is 2.31. The van der Waals surface area contributed by atoms with Gasteiger partial charge in [0, 0.05) is 26.2 Å². The lowest BCUT2D eigenvalue weighted by atomic mass is 10.3. The van der Waals surface area contributed by atoms with E-state index >= 15 is 0 Å². The minimum Gasteiger partial charge on any atom is -0.382 e. The Morgan fingerprint density at radius 3 is 2.85 bits per heavy atom. The molecule has 1 aromatic rings. The first-order valence-corrected chi connectivity index (χ1v) is 7.89. The molecule has 0 radical (unpaired) electrons. The van der Waals surface area contributed by atoms with Gasteiger partial charge in [-0.25, -0.2) is 4.98 Å². The molecule has 1 amide bonds. The van der Waals surface area contributed by atoms with Crippen LogP contribution in [0.2, 0.25) is 0 Å². The lowest BCUT2D eigenvalue weighted by Crippen LogP contribution is -2.44. The van der Waals surface area contributed by atoms with E-state index in [1.165, 1.54) is 24.2 Å². The summed E-state index contributed by atoms with van der Waals surface area (Å²) in [6, 6.07) is 0. The number of carbonyl (C=O) groups is 1. The van der Waals surface area contributed by atoms with Gasteiger partial charge < -0.3 is 20.3 Å². The van der Waals surface area contributed by atoms with E-state index in [2.05, 4.69) is 9.88 Å². The number of thiazole rings is 1. The fourth-order valence-electron chi connectivity index (χ4n) is 2.66. The first-order valence-electron chi connectivity index (χ1n) is 7.07. The summed E-state index contributed by atoms with van der Waals surface area (Å²) in [4.78, 5) is 21.5. The maximum Gasteiger partial charge on any atom is 0.268 e. The molecule has 0 aromatic carbocycles. The number of aromatic nitrogens is 1. The molecule has 20 heavy (non-hydrogen) atoms. The van der Waals surface area contributed by atoms with Crippen LogP contribution in [0, 0.1) is 0 Å². The fraction of sp³-hybridized carbons (Fsp3) is 0.692. The summed E-state index contributed by atoms with van der Waals surface area (Å²) >= 11 is 1.42. The molecule has 0 aliphatic carbocycles. The van der Waals surface area contributed by atoms with Gasteiger partial charge in [0.05, 0.1) is 12.7 Å². The Bertz CT molecular complexity index is 499. The zero-order chi connectivity index (χ0) is 14.1. The first kappa shape index (κ1) is 13.6. The van der Waals surface area contributed by atoms with Crippen molar-refractivity contribution in [3.05, 3.63) is 4.88 Å².